The number of carbonyl (C=O) groups excluding carboxylic acids is 3. The average molecular weight is 1120 g/mol. The molecular formula is C75H124O6. The van der Waals surface area contributed by atoms with Crippen molar-refractivity contribution in [2.45, 2.75) is 309 Å². The zero-order valence-electron chi connectivity index (χ0n) is 52.8. The molecule has 6 nitrogen and oxygen atoms in total. The first kappa shape index (κ1) is 76.5. The fourth-order valence-electron chi connectivity index (χ4n) is 9.12. The van der Waals surface area contributed by atoms with Crippen LogP contribution in [0.3, 0.4) is 0 Å². The van der Waals surface area contributed by atoms with Crippen molar-refractivity contribution in [3.05, 3.63) is 134 Å². The molecule has 0 aliphatic carbocycles. The van der Waals surface area contributed by atoms with Gasteiger partial charge in [0.2, 0.25) is 0 Å². The van der Waals surface area contributed by atoms with Crippen LogP contribution in [0.25, 0.3) is 0 Å². The molecular weight excluding hydrogens is 997 g/mol. The standard InChI is InChI=1S/C75H124O6/c1-4-7-10-13-16-19-22-25-27-29-31-32-33-34-35-36-37-38-39-40-41-42-44-45-47-50-53-56-59-62-65-68-74(77)80-71-72(70-79-73(76)67-64-61-58-55-52-49-24-21-18-15-12-9-6-3)81-75(78)69-66-63-60-57-54-51-48-46-43-30-28-26-23-20-17-14-11-8-5-2/h7,10,12,15-16,19,21,24-25,27,31-32,34-35,37-38,40-41,44-45,50,53,72H,4-6,8-9,11,13-14,17-18,20,22-23,26,28-30,33,36,39,42-43,46-49,51-52,54-71H2,1-3H3/b10-7-,15-12-,19-16-,24-21-,27-25-,32-31-,35-34-,38-37-,41-40-,45-44-,53-50-. The van der Waals surface area contributed by atoms with Crippen LogP contribution in [0.15, 0.2) is 134 Å². The summed E-state index contributed by atoms with van der Waals surface area (Å²) in [5, 5.41) is 0. The van der Waals surface area contributed by atoms with E-state index in [1.807, 2.05) is 0 Å². The van der Waals surface area contributed by atoms with Crippen molar-refractivity contribution < 1.29 is 28.6 Å². The van der Waals surface area contributed by atoms with Gasteiger partial charge in [-0.05, 0) is 116 Å². The summed E-state index contributed by atoms with van der Waals surface area (Å²) in [7, 11) is 0. The van der Waals surface area contributed by atoms with Crippen molar-refractivity contribution in [1.29, 1.82) is 0 Å². The second-order valence-corrected chi connectivity index (χ2v) is 22.0. The Morgan fingerprint density at radius 2 is 0.506 bits per heavy atom. The van der Waals surface area contributed by atoms with E-state index >= 15 is 0 Å². The number of allylic oxidation sites excluding steroid dienone is 22. The minimum absolute atomic E-state index is 0.0969. The summed E-state index contributed by atoms with van der Waals surface area (Å²) in [5.74, 6) is -0.937. The molecule has 460 valence electrons. The van der Waals surface area contributed by atoms with Gasteiger partial charge in [-0.3, -0.25) is 14.4 Å². The maximum Gasteiger partial charge on any atom is 0.306 e. The van der Waals surface area contributed by atoms with E-state index < -0.39 is 6.10 Å². The molecule has 0 spiro atoms. The Bertz CT molecular complexity index is 1720. The summed E-state index contributed by atoms with van der Waals surface area (Å²) in [6, 6.07) is 0. The molecule has 0 heterocycles. The van der Waals surface area contributed by atoms with Crippen LogP contribution in [-0.4, -0.2) is 37.2 Å². The van der Waals surface area contributed by atoms with E-state index in [9.17, 15) is 14.4 Å². The molecule has 0 radical (unpaired) electrons. The number of unbranched alkanes of at least 4 members (excludes halogenated alkanes) is 27. The molecule has 6 heteroatoms. The quantitative estimate of drug-likeness (QED) is 0.0261. The van der Waals surface area contributed by atoms with Gasteiger partial charge in [0.05, 0.1) is 0 Å². The highest BCUT2D eigenvalue weighted by atomic mass is 16.6. The van der Waals surface area contributed by atoms with Gasteiger partial charge >= 0.3 is 17.9 Å². The molecule has 0 aliphatic heterocycles. The van der Waals surface area contributed by atoms with Gasteiger partial charge in [0.15, 0.2) is 6.10 Å². The van der Waals surface area contributed by atoms with Crippen molar-refractivity contribution in [2.75, 3.05) is 13.2 Å². The monoisotopic (exact) mass is 1120 g/mol. The van der Waals surface area contributed by atoms with Gasteiger partial charge in [-0.2, -0.15) is 0 Å². The molecule has 81 heavy (non-hydrogen) atoms. The molecule has 0 bridgehead atoms. The van der Waals surface area contributed by atoms with E-state index in [4.69, 9.17) is 14.2 Å². The van der Waals surface area contributed by atoms with Crippen LogP contribution in [0.1, 0.15) is 303 Å². The van der Waals surface area contributed by atoms with Gasteiger partial charge in [-0.15, -0.1) is 0 Å². The Balaban J connectivity index is 4.38. The van der Waals surface area contributed by atoms with E-state index in [0.29, 0.717) is 19.3 Å². The van der Waals surface area contributed by atoms with Crippen molar-refractivity contribution in [1.82, 2.24) is 0 Å². The van der Waals surface area contributed by atoms with E-state index in [2.05, 4.69) is 154 Å². The van der Waals surface area contributed by atoms with Crippen LogP contribution < -0.4 is 0 Å². The first-order valence-electron chi connectivity index (χ1n) is 33.7. The van der Waals surface area contributed by atoms with Crippen LogP contribution in [0.5, 0.6) is 0 Å². The summed E-state index contributed by atoms with van der Waals surface area (Å²) in [5.41, 5.74) is 0. The number of hydrogen-bond donors (Lipinski definition) is 0. The Hall–Kier alpha value is -4.45. The smallest absolute Gasteiger partial charge is 0.306 e. The molecule has 0 rings (SSSR count). The molecule has 0 aromatic heterocycles. The lowest BCUT2D eigenvalue weighted by atomic mass is 10.0. The lowest BCUT2D eigenvalue weighted by molar-refractivity contribution is -0.167. The maximum atomic E-state index is 12.9. The summed E-state index contributed by atoms with van der Waals surface area (Å²) >= 11 is 0. The molecule has 0 saturated carbocycles. The predicted molar refractivity (Wildman–Crippen MR) is 353 cm³/mol. The fraction of sp³-hybridized carbons (Fsp3) is 0.667. The number of hydrogen-bond acceptors (Lipinski definition) is 6. The van der Waals surface area contributed by atoms with Crippen LogP contribution in [0, 0.1) is 0 Å². The molecule has 1 atom stereocenters. The Labute approximate surface area is 500 Å². The lowest BCUT2D eigenvalue weighted by Crippen LogP contribution is -2.30. The van der Waals surface area contributed by atoms with E-state index in [-0.39, 0.29) is 31.1 Å². The van der Waals surface area contributed by atoms with E-state index in [1.54, 1.807) is 0 Å². The van der Waals surface area contributed by atoms with E-state index in [0.717, 1.165) is 154 Å². The molecule has 0 N–H and O–H groups in total. The number of carbonyl (C=O) groups is 3. The highest BCUT2D eigenvalue weighted by molar-refractivity contribution is 5.71. The van der Waals surface area contributed by atoms with Crippen LogP contribution >= 0.6 is 0 Å². The third-order valence-electron chi connectivity index (χ3n) is 14.1. The second-order valence-electron chi connectivity index (χ2n) is 22.0. The van der Waals surface area contributed by atoms with Crippen molar-refractivity contribution >= 4 is 17.9 Å². The largest absolute Gasteiger partial charge is 0.462 e. The molecule has 0 aromatic carbocycles. The fourth-order valence-corrected chi connectivity index (χ4v) is 9.12. The number of rotatable bonds is 60. The number of ether oxygens (including phenoxy) is 3. The Kier molecular flexibility index (Phi) is 64.3. The molecule has 0 aromatic rings. The zero-order valence-corrected chi connectivity index (χ0v) is 52.8. The molecule has 0 amide bonds. The van der Waals surface area contributed by atoms with E-state index in [1.165, 1.54) is 109 Å². The minimum Gasteiger partial charge on any atom is -0.462 e. The van der Waals surface area contributed by atoms with Gasteiger partial charge < -0.3 is 14.2 Å². The van der Waals surface area contributed by atoms with Crippen molar-refractivity contribution in [3.8, 4) is 0 Å². The SMILES string of the molecule is CC/C=C\C/C=C\C/C=C\C/C=C\C/C=C\C/C=C\C/C=C\C/C=C\C/C=C\CCCCCC(=O)OCC(COC(=O)CCCCCCC/C=C\C/C=C\CCC)OC(=O)CCCCCCCCCCCCCCCCCCCCC. The van der Waals surface area contributed by atoms with Gasteiger partial charge in [-0.25, -0.2) is 0 Å². The number of esters is 3. The lowest BCUT2D eigenvalue weighted by Gasteiger charge is -2.18. The third kappa shape index (κ3) is 66.2. The van der Waals surface area contributed by atoms with Gasteiger partial charge in [0.1, 0.15) is 13.2 Å². The van der Waals surface area contributed by atoms with Crippen molar-refractivity contribution in [2.24, 2.45) is 0 Å². The molecule has 0 fully saturated rings. The Morgan fingerprint density at radius 1 is 0.259 bits per heavy atom. The highest BCUT2D eigenvalue weighted by Gasteiger charge is 2.19. The van der Waals surface area contributed by atoms with Crippen LogP contribution in [0.4, 0.5) is 0 Å². The minimum atomic E-state index is -0.801. The normalized spacial score (nSPS) is 13.0. The average Bonchev–Trinajstić information content (AvgIpc) is 3.46. The maximum absolute atomic E-state index is 12.9. The predicted octanol–water partition coefficient (Wildman–Crippen LogP) is 23.3. The zero-order chi connectivity index (χ0) is 58.5. The summed E-state index contributed by atoms with van der Waals surface area (Å²) in [6.07, 6.45) is 96.1. The second kappa shape index (κ2) is 68.1. The third-order valence-corrected chi connectivity index (χ3v) is 14.1. The summed E-state index contributed by atoms with van der Waals surface area (Å²) in [4.78, 5) is 38.3. The van der Waals surface area contributed by atoms with Crippen LogP contribution in [-0.2, 0) is 28.6 Å². The van der Waals surface area contributed by atoms with Crippen molar-refractivity contribution in [3.63, 3.8) is 0 Å². The summed E-state index contributed by atoms with van der Waals surface area (Å²) < 4.78 is 16.9. The van der Waals surface area contributed by atoms with Crippen LogP contribution in [0.2, 0.25) is 0 Å². The van der Waals surface area contributed by atoms with Gasteiger partial charge in [0.25, 0.3) is 0 Å². The first-order chi connectivity index (χ1) is 40.0. The highest BCUT2D eigenvalue weighted by Crippen LogP contribution is 2.16. The van der Waals surface area contributed by atoms with Gasteiger partial charge in [-0.1, -0.05) is 302 Å². The first-order valence-corrected chi connectivity index (χ1v) is 33.7. The van der Waals surface area contributed by atoms with Gasteiger partial charge in [0, 0.05) is 19.3 Å². The Morgan fingerprint density at radius 3 is 0.815 bits per heavy atom. The molecule has 0 saturated heterocycles. The molecule has 0 aliphatic rings. The topological polar surface area (TPSA) is 78.9 Å². The molecule has 1 unspecified atom stereocenters. The summed E-state index contributed by atoms with van der Waals surface area (Å²) in [6.45, 7) is 6.44.